The van der Waals surface area contributed by atoms with Crippen molar-refractivity contribution in [3.63, 3.8) is 0 Å². The van der Waals surface area contributed by atoms with Gasteiger partial charge in [0.1, 0.15) is 4.64 Å². The third-order valence-electron chi connectivity index (χ3n) is 1.32. The first kappa shape index (κ1) is 7.94. The Morgan fingerprint density at radius 1 is 1.73 bits per heavy atom. The van der Waals surface area contributed by atoms with Gasteiger partial charge in [-0.2, -0.15) is 0 Å². The molecule has 2 N–H and O–H groups in total. The SMILES string of the molecule is Cc1cc(/C=N\O)c[nH]c1=S. The van der Waals surface area contributed by atoms with E-state index in [0.29, 0.717) is 4.64 Å². The highest BCUT2D eigenvalue weighted by Gasteiger charge is 1.90. The smallest absolute Gasteiger partial charge is 0.106 e. The van der Waals surface area contributed by atoms with Crippen molar-refractivity contribution < 1.29 is 5.21 Å². The average Bonchev–Trinajstić information content (AvgIpc) is 1.98. The van der Waals surface area contributed by atoms with E-state index in [1.54, 1.807) is 6.20 Å². The fraction of sp³-hybridized carbons (Fsp3) is 0.143. The van der Waals surface area contributed by atoms with Crippen molar-refractivity contribution in [1.29, 1.82) is 0 Å². The topological polar surface area (TPSA) is 48.4 Å². The zero-order chi connectivity index (χ0) is 8.27. The number of nitrogens with zero attached hydrogens (tertiary/aromatic N) is 1. The quantitative estimate of drug-likeness (QED) is 0.291. The summed E-state index contributed by atoms with van der Waals surface area (Å²) in [5, 5.41) is 11.1. The first-order valence-electron chi connectivity index (χ1n) is 3.11. The molecule has 1 rings (SSSR count). The maximum atomic E-state index is 8.21. The molecule has 0 unspecified atom stereocenters. The number of hydrogen-bond donors (Lipinski definition) is 2. The number of H-pyrrole nitrogens is 1. The summed E-state index contributed by atoms with van der Waals surface area (Å²) in [5.41, 5.74) is 1.77. The summed E-state index contributed by atoms with van der Waals surface area (Å²) in [6, 6.07) is 1.85. The Kier molecular flexibility index (Phi) is 2.38. The third kappa shape index (κ3) is 1.88. The molecule has 58 valence electrons. The van der Waals surface area contributed by atoms with Crippen LogP contribution in [-0.2, 0) is 0 Å². The van der Waals surface area contributed by atoms with E-state index >= 15 is 0 Å². The minimum Gasteiger partial charge on any atom is -0.411 e. The maximum absolute atomic E-state index is 8.21. The molecule has 0 amide bonds. The zero-order valence-electron chi connectivity index (χ0n) is 6.03. The minimum absolute atomic E-state index is 0.708. The summed E-state index contributed by atoms with van der Waals surface area (Å²) in [6.45, 7) is 1.90. The van der Waals surface area contributed by atoms with Crippen LogP contribution in [0.1, 0.15) is 11.1 Å². The Labute approximate surface area is 69.4 Å². The van der Waals surface area contributed by atoms with Crippen LogP contribution in [0.25, 0.3) is 0 Å². The van der Waals surface area contributed by atoms with Gasteiger partial charge >= 0.3 is 0 Å². The van der Waals surface area contributed by atoms with Crippen LogP contribution in [0.2, 0.25) is 0 Å². The molecule has 0 atom stereocenters. The first-order chi connectivity index (χ1) is 5.24. The van der Waals surface area contributed by atoms with Crippen molar-refractivity contribution >= 4 is 18.4 Å². The molecule has 3 nitrogen and oxygen atoms in total. The maximum Gasteiger partial charge on any atom is 0.106 e. The predicted molar refractivity (Wildman–Crippen MR) is 45.7 cm³/mol. The molecule has 0 aromatic carbocycles. The van der Waals surface area contributed by atoms with Crippen molar-refractivity contribution in [2.24, 2.45) is 5.16 Å². The van der Waals surface area contributed by atoms with Crippen LogP contribution in [0, 0.1) is 11.6 Å². The van der Waals surface area contributed by atoms with Gasteiger partial charge in [0.05, 0.1) is 6.21 Å². The van der Waals surface area contributed by atoms with Crippen molar-refractivity contribution in [3.8, 4) is 0 Å². The largest absolute Gasteiger partial charge is 0.411 e. The summed E-state index contributed by atoms with van der Waals surface area (Å²) in [6.07, 6.45) is 3.04. The highest BCUT2D eigenvalue weighted by Crippen LogP contribution is 2.00. The molecule has 1 aromatic rings. The van der Waals surface area contributed by atoms with Gasteiger partial charge in [0.15, 0.2) is 0 Å². The minimum atomic E-state index is 0.708. The molecule has 11 heavy (non-hydrogen) atoms. The number of hydrogen-bond acceptors (Lipinski definition) is 3. The lowest BCUT2D eigenvalue weighted by Gasteiger charge is -1.94. The van der Waals surface area contributed by atoms with E-state index in [1.165, 1.54) is 6.21 Å². The Morgan fingerprint density at radius 2 is 2.45 bits per heavy atom. The van der Waals surface area contributed by atoms with Crippen molar-refractivity contribution in [3.05, 3.63) is 28.0 Å². The van der Waals surface area contributed by atoms with E-state index in [1.807, 2.05) is 13.0 Å². The van der Waals surface area contributed by atoms with E-state index in [4.69, 9.17) is 17.4 Å². The number of pyridine rings is 1. The second-order valence-electron chi connectivity index (χ2n) is 2.19. The van der Waals surface area contributed by atoms with E-state index in [0.717, 1.165) is 11.1 Å². The van der Waals surface area contributed by atoms with Crippen LogP contribution in [0.15, 0.2) is 17.4 Å². The van der Waals surface area contributed by atoms with Crippen molar-refractivity contribution in [1.82, 2.24) is 4.98 Å². The summed E-state index contributed by atoms with van der Waals surface area (Å²) in [5.74, 6) is 0. The molecule has 0 aliphatic carbocycles. The standard InChI is InChI=1S/C7H8N2OS/c1-5-2-6(4-9-10)3-8-7(5)11/h2-4,10H,1H3,(H,8,11)/b9-4-. The molecule has 1 aromatic heterocycles. The predicted octanol–water partition coefficient (Wildman–Crippen LogP) is 1.86. The van der Waals surface area contributed by atoms with Crippen LogP contribution in [0.5, 0.6) is 0 Å². The van der Waals surface area contributed by atoms with Crippen molar-refractivity contribution in [2.45, 2.75) is 6.92 Å². The van der Waals surface area contributed by atoms with Crippen LogP contribution in [-0.4, -0.2) is 16.4 Å². The van der Waals surface area contributed by atoms with Gasteiger partial charge < -0.3 is 10.2 Å². The monoisotopic (exact) mass is 168 g/mol. The lowest BCUT2D eigenvalue weighted by molar-refractivity contribution is 0.322. The molecule has 0 bridgehead atoms. The number of aromatic nitrogens is 1. The summed E-state index contributed by atoms with van der Waals surface area (Å²) in [7, 11) is 0. The second-order valence-corrected chi connectivity index (χ2v) is 2.60. The highest BCUT2D eigenvalue weighted by atomic mass is 32.1. The number of rotatable bonds is 1. The van der Waals surface area contributed by atoms with Crippen molar-refractivity contribution in [2.75, 3.05) is 0 Å². The fourth-order valence-electron chi connectivity index (χ4n) is 0.761. The fourth-order valence-corrected chi connectivity index (χ4v) is 0.879. The van der Waals surface area contributed by atoms with Crippen LogP contribution in [0.4, 0.5) is 0 Å². The lowest BCUT2D eigenvalue weighted by atomic mass is 10.2. The third-order valence-corrected chi connectivity index (χ3v) is 1.76. The van der Waals surface area contributed by atoms with Crippen LogP contribution in [0.3, 0.4) is 0 Å². The van der Waals surface area contributed by atoms with Gasteiger partial charge in [-0.1, -0.05) is 17.4 Å². The zero-order valence-corrected chi connectivity index (χ0v) is 6.85. The Bertz CT molecular complexity index is 329. The Morgan fingerprint density at radius 3 is 3.00 bits per heavy atom. The van der Waals surface area contributed by atoms with Gasteiger partial charge in [-0.25, -0.2) is 0 Å². The summed E-state index contributed by atoms with van der Waals surface area (Å²) in [4.78, 5) is 2.87. The number of oxime groups is 1. The molecule has 0 radical (unpaired) electrons. The molecular weight excluding hydrogens is 160 g/mol. The molecular formula is C7H8N2OS. The van der Waals surface area contributed by atoms with Gasteiger partial charge in [0.2, 0.25) is 0 Å². The van der Waals surface area contributed by atoms with Gasteiger partial charge in [0, 0.05) is 11.8 Å². The summed E-state index contributed by atoms with van der Waals surface area (Å²) < 4.78 is 0.708. The van der Waals surface area contributed by atoms with E-state index in [-0.39, 0.29) is 0 Å². The first-order valence-corrected chi connectivity index (χ1v) is 3.51. The second kappa shape index (κ2) is 3.30. The van der Waals surface area contributed by atoms with E-state index in [2.05, 4.69) is 10.1 Å². The molecule has 0 aliphatic rings. The average molecular weight is 168 g/mol. The van der Waals surface area contributed by atoms with Gasteiger partial charge in [-0.05, 0) is 18.6 Å². The number of aromatic amines is 1. The lowest BCUT2D eigenvalue weighted by Crippen LogP contribution is -1.86. The summed E-state index contributed by atoms with van der Waals surface area (Å²) >= 11 is 4.93. The molecule has 1 heterocycles. The molecule has 0 fully saturated rings. The molecule has 0 aliphatic heterocycles. The number of nitrogens with one attached hydrogen (secondary N) is 1. The Balaban J connectivity index is 3.15. The molecule has 0 saturated heterocycles. The van der Waals surface area contributed by atoms with Gasteiger partial charge in [-0.15, -0.1) is 0 Å². The van der Waals surface area contributed by atoms with Gasteiger partial charge in [-0.3, -0.25) is 0 Å². The van der Waals surface area contributed by atoms with Crippen LogP contribution >= 0.6 is 12.2 Å². The molecule has 0 saturated carbocycles. The highest BCUT2D eigenvalue weighted by molar-refractivity contribution is 7.71. The van der Waals surface area contributed by atoms with Crippen LogP contribution < -0.4 is 0 Å². The normalized spacial score (nSPS) is 10.6. The number of aryl methyl sites for hydroxylation is 1. The van der Waals surface area contributed by atoms with E-state index < -0.39 is 0 Å². The molecule has 0 spiro atoms. The van der Waals surface area contributed by atoms with Gasteiger partial charge in [0.25, 0.3) is 0 Å². The Hall–Kier alpha value is -1.16. The molecule has 4 heteroatoms. The van der Waals surface area contributed by atoms with E-state index in [9.17, 15) is 0 Å².